The molecule has 0 saturated carbocycles. The first kappa shape index (κ1) is 11.0. The number of carbonyl (C=O) groups excluding carboxylic acids is 1. The predicted molar refractivity (Wildman–Crippen MR) is 61.1 cm³/mol. The molecule has 1 saturated heterocycles. The van der Waals surface area contributed by atoms with Crippen LogP contribution in [0.25, 0.3) is 0 Å². The largest absolute Gasteiger partial charge is 0.496 e. The van der Waals surface area contributed by atoms with Gasteiger partial charge in [-0.1, -0.05) is 18.2 Å². The summed E-state index contributed by atoms with van der Waals surface area (Å²) in [6.45, 7) is 0. The number of methoxy groups -OCH3 is 1. The lowest BCUT2D eigenvalue weighted by molar-refractivity contribution is -0.119. The van der Waals surface area contributed by atoms with Crippen molar-refractivity contribution in [3.8, 4) is 5.75 Å². The van der Waals surface area contributed by atoms with E-state index in [1.807, 2.05) is 24.3 Å². The topological polar surface area (TPSA) is 64.3 Å². The Hall–Kier alpha value is -1.55. The molecule has 2 rings (SSSR count). The zero-order valence-electron chi connectivity index (χ0n) is 9.27. The van der Waals surface area contributed by atoms with E-state index in [0.29, 0.717) is 0 Å². The number of nitrogens with one attached hydrogen (secondary N) is 1. The fourth-order valence-electron chi connectivity index (χ4n) is 2.17. The lowest BCUT2D eigenvalue weighted by atomic mass is 10.0. The quantitative estimate of drug-likeness (QED) is 0.798. The molecular weight excluding hydrogens is 204 g/mol. The first-order chi connectivity index (χ1) is 7.72. The van der Waals surface area contributed by atoms with Gasteiger partial charge in [-0.2, -0.15) is 0 Å². The van der Waals surface area contributed by atoms with Crippen molar-refractivity contribution in [1.29, 1.82) is 0 Å². The number of nitrogens with two attached hydrogens (primary N) is 1. The van der Waals surface area contributed by atoms with Gasteiger partial charge in [0.05, 0.1) is 13.2 Å². The van der Waals surface area contributed by atoms with Gasteiger partial charge in [0.15, 0.2) is 0 Å². The molecule has 1 aliphatic heterocycles. The van der Waals surface area contributed by atoms with Gasteiger partial charge in [0.1, 0.15) is 5.75 Å². The van der Waals surface area contributed by atoms with Gasteiger partial charge in [0, 0.05) is 11.6 Å². The van der Waals surface area contributed by atoms with Gasteiger partial charge in [-0.05, 0) is 18.9 Å². The highest BCUT2D eigenvalue weighted by molar-refractivity contribution is 5.80. The van der Waals surface area contributed by atoms with Crippen LogP contribution in [-0.2, 0) is 4.79 Å². The Labute approximate surface area is 94.8 Å². The lowest BCUT2D eigenvalue weighted by Gasteiger charge is -2.15. The van der Waals surface area contributed by atoms with Crippen molar-refractivity contribution in [2.24, 2.45) is 5.73 Å². The third kappa shape index (κ3) is 2.02. The Kier molecular flexibility index (Phi) is 3.10. The van der Waals surface area contributed by atoms with Gasteiger partial charge in [-0.3, -0.25) is 10.1 Å². The van der Waals surface area contributed by atoms with Crippen LogP contribution in [0.2, 0.25) is 0 Å². The summed E-state index contributed by atoms with van der Waals surface area (Å²) in [6, 6.07) is 7.79. The summed E-state index contributed by atoms with van der Waals surface area (Å²) in [7, 11) is 1.65. The molecule has 1 aliphatic rings. The van der Waals surface area contributed by atoms with Crippen LogP contribution in [0.3, 0.4) is 0 Å². The maximum atomic E-state index is 11.1. The fraction of sp³-hybridized carbons (Fsp3) is 0.417. The smallest absolute Gasteiger partial charge is 0.234 e. The number of hydrogen-bond donors (Lipinski definition) is 2. The molecule has 1 fully saturated rings. The minimum atomic E-state index is -0.280. The first-order valence-electron chi connectivity index (χ1n) is 5.40. The van der Waals surface area contributed by atoms with E-state index in [2.05, 4.69) is 5.32 Å². The number of rotatable bonds is 3. The minimum absolute atomic E-state index is 0.161. The average molecular weight is 220 g/mol. The molecule has 0 aromatic heterocycles. The summed E-state index contributed by atoms with van der Waals surface area (Å²) in [5.41, 5.74) is 6.37. The molecule has 1 heterocycles. The Morgan fingerprint density at radius 1 is 1.44 bits per heavy atom. The third-order valence-corrected chi connectivity index (χ3v) is 3.00. The number of amides is 1. The molecule has 3 N–H and O–H groups in total. The monoisotopic (exact) mass is 220 g/mol. The molecule has 4 heteroatoms. The van der Waals surface area contributed by atoms with E-state index in [1.165, 1.54) is 0 Å². The van der Waals surface area contributed by atoms with Gasteiger partial charge in [-0.15, -0.1) is 0 Å². The molecule has 2 unspecified atom stereocenters. The van der Waals surface area contributed by atoms with E-state index >= 15 is 0 Å². The summed E-state index contributed by atoms with van der Waals surface area (Å²) in [4.78, 5) is 11.1. The van der Waals surface area contributed by atoms with Crippen molar-refractivity contribution in [3.05, 3.63) is 29.8 Å². The molecule has 1 aromatic rings. The van der Waals surface area contributed by atoms with E-state index in [-0.39, 0.29) is 18.0 Å². The summed E-state index contributed by atoms with van der Waals surface area (Å²) in [5.74, 6) is 0.572. The van der Waals surface area contributed by atoms with Crippen molar-refractivity contribution in [2.75, 3.05) is 7.11 Å². The average Bonchev–Trinajstić information content (AvgIpc) is 2.78. The Morgan fingerprint density at radius 3 is 2.81 bits per heavy atom. The molecule has 16 heavy (non-hydrogen) atoms. The molecule has 4 nitrogen and oxygen atoms in total. The number of benzene rings is 1. The van der Waals surface area contributed by atoms with E-state index in [0.717, 1.165) is 24.2 Å². The summed E-state index contributed by atoms with van der Waals surface area (Å²) < 4.78 is 5.30. The number of ether oxygens (including phenoxy) is 1. The minimum Gasteiger partial charge on any atom is -0.496 e. The Balaban J connectivity index is 2.17. The van der Waals surface area contributed by atoms with Crippen LogP contribution in [0.5, 0.6) is 5.75 Å². The number of primary amides is 1. The third-order valence-electron chi connectivity index (χ3n) is 3.00. The number of hydrogen-bond acceptors (Lipinski definition) is 3. The molecule has 0 bridgehead atoms. The molecule has 1 aromatic carbocycles. The fourth-order valence-corrected chi connectivity index (χ4v) is 2.17. The van der Waals surface area contributed by atoms with Crippen LogP contribution in [-0.4, -0.2) is 19.1 Å². The lowest BCUT2D eigenvalue weighted by Crippen LogP contribution is -2.37. The van der Waals surface area contributed by atoms with E-state index < -0.39 is 0 Å². The van der Waals surface area contributed by atoms with Crippen molar-refractivity contribution >= 4 is 5.91 Å². The van der Waals surface area contributed by atoms with Gasteiger partial charge in [0.25, 0.3) is 0 Å². The standard InChI is InChI=1S/C12H16N2O2/c1-16-11-5-3-2-4-8(11)9-6-7-10(14-9)12(13)15/h2-5,9-10,14H,6-7H2,1H3,(H2,13,15). The van der Waals surface area contributed by atoms with Crippen LogP contribution >= 0.6 is 0 Å². The van der Waals surface area contributed by atoms with Gasteiger partial charge >= 0.3 is 0 Å². The van der Waals surface area contributed by atoms with Crippen LogP contribution in [0.1, 0.15) is 24.4 Å². The second-order valence-corrected chi connectivity index (χ2v) is 3.99. The molecule has 86 valence electrons. The Bertz CT molecular complexity index is 392. The van der Waals surface area contributed by atoms with Crippen LogP contribution in [0, 0.1) is 0 Å². The molecule has 0 radical (unpaired) electrons. The van der Waals surface area contributed by atoms with Crippen molar-refractivity contribution in [3.63, 3.8) is 0 Å². The normalized spacial score (nSPS) is 24.3. The zero-order valence-corrected chi connectivity index (χ0v) is 9.27. The maximum absolute atomic E-state index is 11.1. The molecule has 1 amide bonds. The summed E-state index contributed by atoms with van der Waals surface area (Å²) >= 11 is 0. The molecular formula is C12H16N2O2. The SMILES string of the molecule is COc1ccccc1C1CCC(C(N)=O)N1. The number of para-hydroxylation sites is 1. The molecule has 0 aliphatic carbocycles. The van der Waals surface area contributed by atoms with Gasteiger partial charge in [-0.25, -0.2) is 0 Å². The second kappa shape index (κ2) is 4.53. The van der Waals surface area contributed by atoms with Gasteiger partial charge < -0.3 is 10.5 Å². The molecule has 0 spiro atoms. The van der Waals surface area contributed by atoms with E-state index in [9.17, 15) is 4.79 Å². The highest BCUT2D eigenvalue weighted by atomic mass is 16.5. The van der Waals surface area contributed by atoms with Crippen molar-refractivity contribution in [1.82, 2.24) is 5.32 Å². The summed E-state index contributed by atoms with van der Waals surface area (Å²) in [6.07, 6.45) is 1.70. The van der Waals surface area contributed by atoms with E-state index in [1.54, 1.807) is 7.11 Å². The van der Waals surface area contributed by atoms with E-state index in [4.69, 9.17) is 10.5 Å². The first-order valence-corrected chi connectivity index (χ1v) is 5.40. The maximum Gasteiger partial charge on any atom is 0.234 e. The van der Waals surface area contributed by atoms with Crippen molar-refractivity contribution < 1.29 is 9.53 Å². The summed E-state index contributed by atoms with van der Waals surface area (Å²) in [5, 5.41) is 3.23. The highest BCUT2D eigenvalue weighted by Gasteiger charge is 2.29. The highest BCUT2D eigenvalue weighted by Crippen LogP contribution is 2.32. The van der Waals surface area contributed by atoms with Crippen molar-refractivity contribution in [2.45, 2.75) is 24.9 Å². The zero-order chi connectivity index (χ0) is 11.5. The Morgan fingerprint density at radius 2 is 2.19 bits per heavy atom. The van der Waals surface area contributed by atoms with Crippen LogP contribution < -0.4 is 15.8 Å². The molecule has 2 atom stereocenters. The number of carbonyl (C=O) groups is 1. The van der Waals surface area contributed by atoms with Crippen LogP contribution in [0.15, 0.2) is 24.3 Å². The van der Waals surface area contributed by atoms with Gasteiger partial charge in [0.2, 0.25) is 5.91 Å². The second-order valence-electron chi connectivity index (χ2n) is 3.99. The predicted octanol–water partition coefficient (Wildman–Crippen LogP) is 0.974. The van der Waals surface area contributed by atoms with Crippen LogP contribution in [0.4, 0.5) is 0 Å².